The Morgan fingerprint density at radius 2 is 1.78 bits per heavy atom. The average Bonchev–Trinajstić information content (AvgIpc) is 3.47. The lowest BCUT2D eigenvalue weighted by molar-refractivity contribution is -0.127. The molecule has 1 amide bonds. The minimum absolute atomic E-state index is 0. The smallest absolute Gasteiger partial charge is 0.223 e. The van der Waals surface area contributed by atoms with E-state index in [9.17, 15) is 4.79 Å². The van der Waals surface area contributed by atoms with E-state index >= 15 is 0 Å². The number of halogens is 1. The van der Waals surface area contributed by atoms with Gasteiger partial charge >= 0.3 is 0 Å². The third-order valence-electron chi connectivity index (χ3n) is 6.05. The first-order chi connectivity index (χ1) is 15.2. The van der Waals surface area contributed by atoms with Crippen LogP contribution in [0.15, 0.2) is 70.6 Å². The lowest BCUT2D eigenvalue weighted by Crippen LogP contribution is -2.43. The topological polar surface area (TPSA) is 56.7 Å². The summed E-state index contributed by atoms with van der Waals surface area (Å²) in [6.45, 7) is 3.29. The van der Waals surface area contributed by atoms with Crippen LogP contribution in [0, 0.1) is 5.92 Å². The van der Waals surface area contributed by atoms with Crippen LogP contribution < -0.4 is 10.6 Å². The highest BCUT2D eigenvalue weighted by atomic mass is 127. The highest BCUT2D eigenvalue weighted by Gasteiger charge is 2.43. The third-order valence-corrected chi connectivity index (χ3v) is 7.55. The standard InChI is InChI=1S/C25H32N4OS.HI/c1-26-24(28-19-25(13-14-25)31-22-10-6-3-7-11-22)27-17-21-16-23(30)29(18-21)15-12-20-8-4-2-5-9-20;/h2-11,21H,12-19H2,1H3,(H2,26,27,28);1H. The fraction of sp³-hybridized carbons (Fsp3) is 0.440. The average molecular weight is 565 g/mol. The fourth-order valence-corrected chi connectivity index (χ4v) is 5.26. The van der Waals surface area contributed by atoms with E-state index in [1.165, 1.54) is 23.3 Å². The normalized spacial score (nSPS) is 19.4. The summed E-state index contributed by atoms with van der Waals surface area (Å²) in [5, 5.41) is 6.95. The predicted octanol–water partition coefficient (Wildman–Crippen LogP) is 4.19. The second-order valence-corrected chi connectivity index (χ2v) is 10.1. The van der Waals surface area contributed by atoms with Gasteiger partial charge in [-0.15, -0.1) is 35.7 Å². The Balaban J connectivity index is 0.00000289. The molecule has 1 heterocycles. The monoisotopic (exact) mass is 564 g/mol. The van der Waals surface area contributed by atoms with Crippen LogP contribution in [-0.4, -0.2) is 54.7 Å². The molecule has 172 valence electrons. The minimum atomic E-state index is 0. The minimum Gasteiger partial charge on any atom is -0.356 e. The summed E-state index contributed by atoms with van der Waals surface area (Å²) in [4.78, 5) is 20.1. The molecule has 1 unspecified atom stereocenters. The van der Waals surface area contributed by atoms with E-state index in [1.807, 2.05) is 29.8 Å². The molecule has 0 aromatic heterocycles. The number of aliphatic imine (C=N–C) groups is 1. The van der Waals surface area contributed by atoms with Gasteiger partial charge in [-0.3, -0.25) is 9.79 Å². The van der Waals surface area contributed by atoms with Gasteiger partial charge in [0.2, 0.25) is 5.91 Å². The van der Waals surface area contributed by atoms with Crippen LogP contribution in [0.5, 0.6) is 0 Å². The number of carbonyl (C=O) groups is 1. The number of amides is 1. The van der Waals surface area contributed by atoms with Crippen molar-refractivity contribution in [2.75, 3.05) is 33.2 Å². The Morgan fingerprint density at radius 1 is 1.09 bits per heavy atom. The molecule has 1 aliphatic carbocycles. The summed E-state index contributed by atoms with van der Waals surface area (Å²) in [6, 6.07) is 21.0. The number of hydrogen-bond acceptors (Lipinski definition) is 3. The van der Waals surface area contributed by atoms with Crippen molar-refractivity contribution in [1.29, 1.82) is 0 Å². The predicted molar refractivity (Wildman–Crippen MR) is 144 cm³/mol. The van der Waals surface area contributed by atoms with Crippen LogP contribution in [0.4, 0.5) is 0 Å². The highest BCUT2D eigenvalue weighted by molar-refractivity contribution is 14.0. The van der Waals surface area contributed by atoms with Crippen LogP contribution in [0.2, 0.25) is 0 Å². The number of hydrogen-bond donors (Lipinski definition) is 2. The van der Waals surface area contributed by atoms with Gasteiger partial charge in [0.05, 0.1) is 0 Å². The summed E-state index contributed by atoms with van der Waals surface area (Å²) >= 11 is 1.96. The molecule has 1 aliphatic heterocycles. The van der Waals surface area contributed by atoms with Crippen molar-refractivity contribution in [2.24, 2.45) is 10.9 Å². The highest BCUT2D eigenvalue weighted by Crippen LogP contribution is 2.51. The molecule has 32 heavy (non-hydrogen) atoms. The first-order valence-electron chi connectivity index (χ1n) is 11.2. The zero-order valence-electron chi connectivity index (χ0n) is 18.6. The lowest BCUT2D eigenvalue weighted by atomic mass is 10.1. The molecule has 2 aliphatic rings. The lowest BCUT2D eigenvalue weighted by Gasteiger charge is -2.20. The van der Waals surface area contributed by atoms with Gasteiger partial charge < -0.3 is 15.5 Å². The maximum atomic E-state index is 12.4. The molecular formula is C25H33IN4OS. The van der Waals surface area contributed by atoms with Crippen LogP contribution in [0.25, 0.3) is 0 Å². The van der Waals surface area contributed by atoms with Gasteiger partial charge in [0, 0.05) is 55.2 Å². The Bertz CT molecular complexity index is 889. The largest absolute Gasteiger partial charge is 0.356 e. The molecule has 2 N–H and O–H groups in total. The van der Waals surface area contributed by atoms with E-state index in [1.54, 1.807) is 0 Å². The number of rotatable bonds is 9. The van der Waals surface area contributed by atoms with Gasteiger partial charge in [0.15, 0.2) is 5.96 Å². The molecule has 2 aromatic carbocycles. The number of carbonyl (C=O) groups excluding carboxylic acids is 1. The van der Waals surface area contributed by atoms with Crippen molar-refractivity contribution in [3.63, 3.8) is 0 Å². The number of guanidine groups is 1. The number of nitrogens with one attached hydrogen (secondary N) is 2. The van der Waals surface area contributed by atoms with E-state index in [4.69, 9.17) is 0 Å². The van der Waals surface area contributed by atoms with Crippen molar-refractivity contribution in [3.8, 4) is 0 Å². The van der Waals surface area contributed by atoms with E-state index in [-0.39, 0.29) is 34.6 Å². The summed E-state index contributed by atoms with van der Waals surface area (Å²) in [5.74, 6) is 1.42. The zero-order valence-corrected chi connectivity index (χ0v) is 21.8. The summed E-state index contributed by atoms with van der Waals surface area (Å²) in [7, 11) is 1.81. The molecule has 4 rings (SSSR count). The van der Waals surface area contributed by atoms with Crippen molar-refractivity contribution in [1.82, 2.24) is 15.5 Å². The molecule has 1 atom stereocenters. The van der Waals surface area contributed by atoms with Crippen molar-refractivity contribution in [3.05, 3.63) is 66.2 Å². The van der Waals surface area contributed by atoms with Gasteiger partial charge in [0.25, 0.3) is 0 Å². The molecule has 0 spiro atoms. The molecule has 0 bridgehead atoms. The summed E-state index contributed by atoms with van der Waals surface area (Å²) in [6.07, 6.45) is 3.98. The van der Waals surface area contributed by atoms with E-state index in [0.717, 1.165) is 38.6 Å². The van der Waals surface area contributed by atoms with Crippen LogP contribution >= 0.6 is 35.7 Å². The maximum absolute atomic E-state index is 12.4. The molecule has 5 nitrogen and oxygen atoms in total. The van der Waals surface area contributed by atoms with Gasteiger partial charge in [-0.1, -0.05) is 48.5 Å². The Hall–Kier alpha value is -1.74. The Morgan fingerprint density at radius 3 is 2.44 bits per heavy atom. The molecule has 1 saturated carbocycles. The van der Waals surface area contributed by atoms with Gasteiger partial charge in [-0.2, -0.15) is 0 Å². The zero-order chi connectivity index (χ0) is 21.5. The summed E-state index contributed by atoms with van der Waals surface area (Å²) < 4.78 is 0.274. The van der Waals surface area contributed by atoms with Gasteiger partial charge in [-0.05, 0) is 37.0 Å². The SMILES string of the molecule is CN=C(NCC1CC(=O)N(CCc2ccccc2)C1)NCC1(Sc2ccccc2)CC1.I. The molecule has 1 saturated heterocycles. The third kappa shape index (κ3) is 7.13. The second kappa shape index (κ2) is 11.9. The number of benzene rings is 2. The van der Waals surface area contributed by atoms with E-state index in [0.29, 0.717) is 12.3 Å². The van der Waals surface area contributed by atoms with Crippen molar-refractivity contribution in [2.45, 2.75) is 35.3 Å². The number of likely N-dealkylation sites (tertiary alicyclic amines) is 1. The number of nitrogens with zero attached hydrogens (tertiary/aromatic N) is 2. The van der Waals surface area contributed by atoms with Gasteiger partial charge in [-0.25, -0.2) is 0 Å². The molecular weight excluding hydrogens is 531 g/mol. The van der Waals surface area contributed by atoms with Crippen LogP contribution in [0.3, 0.4) is 0 Å². The Kier molecular flexibility index (Phi) is 9.28. The second-order valence-electron chi connectivity index (χ2n) is 8.55. The maximum Gasteiger partial charge on any atom is 0.223 e. The van der Waals surface area contributed by atoms with Crippen LogP contribution in [0.1, 0.15) is 24.8 Å². The quantitative estimate of drug-likeness (QED) is 0.273. The first kappa shape index (κ1) is 24.9. The van der Waals surface area contributed by atoms with Crippen LogP contribution in [-0.2, 0) is 11.2 Å². The molecule has 2 aromatic rings. The first-order valence-corrected chi connectivity index (χ1v) is 12.0. The van der Waals surface area contributed by atoms with Crippen molar-refractivity contribution < 1.29 is 4.79 Å². The molecule has 7 heteroatoms. The van der Waals surface area contributed by atoms with Crippen molar-refractivity contribution >= 4 is 47.6 Å². The Labute approximate surface area is 212 Å². The van der Waals surface area contributed by atoms with E-state index in [2.05, 4.69) is 70.2 Å². The van der Waals surface area contributed by atoms with Gasteiger partial charge in [0.1, 0.15) is 0 Å². The number of thioether (sulfide) groups is 1. The molecule has 0 radical (unpaired) electrons. The fourth-order valence-electron chi connectivity index (χ4n) is 4.01. The summed E-state index contributed by atoms with van der Waals surface area (Å²) in [5.41, 5.74) is 1.28. The molecule has 2 fully saturated rings. The van der Waals surface area contributed by atoms with E-state index < -0.39 is 0 Å².